The van der Waals surface area contributed by atoms with Gasteiger partial charge in [0, 0.05) is 5.57 Å². The van der Waals surface area contributed by atoms with Crippen molar-refractivity contribution in [2.75, 3.05) is 7.11 Å². The first kappa shape index (κ1) is 12.8. The minimum Gasteiger partial charge on any atom is -0.493 e. The Morgan fingerprint density at radius 1 is 1.47 bits per heavy atom. The van der Waals surface area contributed by atoms with Crippen molar-refractivity contribution in [2.24, 2.45) is 0 Å². The van der Waals surface area contributed by atoms with E-state index in [2.05, 4.69) is 6.58 Å². The molecule has 0 amide bonds. The maximum absolute atomic E-state index is 11.4. The number of rotatable bonds is 4. The van der Waals surface area contributed by atoms with Gasteiger partial charge in [0.2, 0.25) is 0 Å². The van der Waals surface area contributed by atoms with Crippen LogP contribution in [0.15, 0.2) is 30.4 Å². The van der Waals surface area contributed by atoms with Crippen LogP contribution in [0.2, 0.25) is 0 Å². The van der Waals surface area contributed by atoms with Crippen LogP contribution in [0.1, 0.15) is 12.5 Å². The van der Waals surface area contributed by atoms with E-state index < -0.39 is 5.97 Å². The van der Waals surface area contributed by atoms with Crippen molar-refractivity contribution in [3.05, 3.63) is 35.9 Å². The van der Waals surface area contributed by atoms with Crippen LogP contribution in [0.5, 0.6) is 11.5 Å². The highest BCUT2D eigenvalue weighted by molar-refractivity contribution is 5.89. The summed E-state index contributed by atoms with van der Waals surface area (Å²) in [6.45, 7) is 5.06. The molecular weight excluding hydrogens is 218 g/mol. The maximum atomic E-state index is 11.4. The molecular formula is C13H13NO3. The monoisotopic (exact) mass is 231 g/mol. The van der Waals surface area contributed by atoms with Gasteiger partial charge in [0.05, 0.1) is 19.6 Å². The summed E-state index contributed by atoms with van der Waals surface area (Å²) in [5.74, 6) is 0.242. The molecule has 0 N–H and O–H groups in total. The number of hydrogen-bond acceptors (Lipinski definition) is 4. The summed E-state index contributed by atoms with van der Waals surface area (Å²) >= 11 is 0. The second-order valence-electron chi connectivity index (χ2n) is 3.49. The first-order valence-electron chi connectivity index (χ1n) is 5.00. The molecule has 0 radical (unpaired) electrons. The first-order chi connectivity index (χ1) is 8.08. The zero-order chi connectivity index (χ0) is 12.8. The molecule has 0 saturated heterocycles. The third-order valence-corrected chi connectivity index (χ3v) is 2.06. The van der Waals surface area contributed by atoms with Crippen molar-refractivity contribution >= 4 is 5.97 Å². The molecule has 1 aromatic rings. The van der Waals surface area contributed by atoms with E-state index in [1.807, 2.05) is 6.07 Å². The SMILES string of the molecule is C=C(C)C(=O)Oc1ccc(CC#N)cc1OC. The molecule has 1 rings (SSSR count). The van der Waals surface area contributed by atoms with E-state index in [1.165, 1.54) is 7.11 Å². The Morgan fingerprint density at radius 2 is 2.18 bits per heavy atom. The molecule has 1 aromatic carbocycles. The van der Waals surface area contributed by atoms with Gasteiger partial charge in [-0.3, -0.25) is 0 Å². The molecule has 0 saturated carbocycles. The number of carbonyl (C=O) groups excluding carboxylic acids is 1. The summed E-state index contributed by atoms with van der Waals surface area (Å²) in [5, 5.41) is 8.58. The molecule has 0 aliphatic heterocycles. The summed E-state index contributed by atoms with van der Waals surface area (Å²) in [6, 6.07) is 7.03. The van der Waals surface area contributed by atoms with Crippen LogP contribution in [-0.2, 0) is 11.2 Å². The topological polar surface area (TPSA) is 59.3 Å². The van der Waals surface area contributed by atoms with Crippen molar-refractivity contribution in [2.45, 2.75) is 13.3 Å². The van der Waals surface area contributed by atoms with E-state index in [0.29, 0.717) is 17.1 Å². The normalized spacial score (nSPS) is 9.24. The quantitative estimate of drug-likeness (QED) is 0.453. The first-order valence-corrected chi connectivity index (χ1v) is 5.00. The number of benzene rings is 1. The minimum absolute atomic E-state index is 0.283. The average molecular weight is 231 g/mol. The molecule has 0 aliphatic carbocycles. The number of carbonyl (C=O) groups is 1. The van der Waals surface area contributed by atoms with Gasteiger partial charge in [-0.05, 0) is 24.6 Å². The van der Waals surface area contributed by atoms with Crippen molar-refractivity contribution in [1.82, 2.24) is 0 Å². The third-order valence-electron chi connectivity index (χ3n) is 2.06. The van der Waals surface area contributed by atoms with E-state index >= 15 is 0 Å². The number of hydrogen-bond donors (Lipinski definition) is 0. The Balaban J connectivity index is 2.97. The van der Waals surface area contributed by atoms with Gasteiger partial charge in [0.25, 0.3) is 0 Å². The summed E-state index contributed by atoms with van der Waals surface area (Å²) in [7, 11) is 1.48. The van der Waals surface area contributed by atoms with Gasteiger partial charge in [-0.15, -0.1) is 0 Å². The molecule has 0 fully saturated rings. The van der Waals surface area contributed by atoms with Gasteiger partial charge in [0.1, 0.15) is 0 Å². The fraction of sp³-hybridized carbons (Fsp3) is 0.231. The molecule has 4 nitrogen and oxygen atoms in total. The molecule has 0 spiro atoms. The smallest absolute Gasteiger partial charge is 0.338 e. The largest absolute Gasteiger partial charge is 0.493 e. The van der Waals surface area contributed by atoms with E-state index in [9.17, 15) is 4.79 Å². The van der Waals surface area contributed by atoms with Gasteiger partial charge < -0.3 is 9.47 Å². The second-order valence-corrected chi connectivity index (χ2v) is 3.49. The zero-order valence-electron chi connectivity index (χ0n) is 9.82. The number of esters is 1. The van der Waals surface area contributed by atoms with Gasteiger partial charge in [-0.25, -0.2) is 4.79 Å². The van der Waals surface area contributed by atoms with Crippen LogP contribution < -0.4 is 9.47 Å². The van der Waals surface area contributed by atoms with Crippen molar-refractivity contribution in [3.63, 3.8) is 0 Å². The summed E-state index contributed by atoms with van der Waals surface area (Å²) in [4.78, 5) is 11.4. The Bertz CT molecular complexity index is 486. The average Bonchev–Trinajstić information content (AvgIpc) is 2.31. The van der Waals surface area contributed by atoms with Crippen LogP contribution in [0.4, 0.5) is 0 Å². The molecule has 17 heavy (non-hydrogen) atoms. The molecule has 0 unspecified atom stereocenters. The van der Waals surface area contributed by atoms with Crippen molar-refractivity contribution in [3.8, 4) is 17.6 Å². The lowest BCUT2D eigenvalue weighted by molar-refractivity contribution is -0.130. The maximum Gasteiger partial charge on any atom is 0.338 e. The van der Waals surface area contributed by atoms with Gasteiger partial charge >= 0.3 is 5.97 Å². The van der Waals surface area contributed by atoms with Gasteiger partial charge in [0.15, 0.2) is 11.5 Å². The van der Waals surface area contributed by atoms with Crippen LogP contribution in [-0.4, -0.2) is 13.1 Å². The Hall–Kier alpha value is -2.28. The molecule has 0 atom stereocenters. The number of methoxy groups -OCH3 is 1. The number of nitrogens with zero attached hydrogens (tertiary/aromatic N) is 1. The zero-order valence-corrected chi connectivity index (χ0v) is 9.82. The van der Waals surface area contributed by atoms with Crippen molar-refractivity contribution < 1.29 is 14.3 Å². The highest BCUT2D eigenvalue weighted by atomic mass is 16.6. The van der Waals surface area contributed by atoms with Gasteiger partial charge in [-0.2, -0.15) is 5.26 Å². The van der Waals surface area contributed by atoms with Crippen molar-refractivity contribution in [1.29, 1.82) is 5.26 Å². The molecule has 0 aliphatic rings. The summed E-state index contributed by atoms with van der Waals surface area (Å²) in [5.41, 5.74) is 1.12. The second kappa shape index (κ2) is 5.71. The fourth-order valence-electron chi connectivity index (χ4n) is 1.18. The summed E-state index contributed by atoms with van der Waals surface area (Å²) < 4.78 is 10.2. The van der Waals surface area contributed by atoms with E-state index in [0.717, 1.165) is 5.56 Å². The van der Waals surface area contributed by atoms with Crippen LogP contribution in [0, 0.1) is 11.3 Å². The number of ether oxygens (including phenoxy) is 2. The van der Waals surface area contributed by atoms with E-state index in [-0.39, 0.29) is 6.42 Å². The lowest BCUT2D eigenvalue weighted by atomic mass is 10.1. The standard InChI is InChI=1S/C13H13NO3/c1-9(2)13(15)17-11-5-4-10(6-7-14)8-12(11)16-3/h4-5,8H,1,6H2,2-3H3. The van der Waals surface area contributed by atoms with Crippen LogP contribution in [0.25, 0.3) is 0 Å². The minimum atomic E-state index is -0.503. The highest BCUT2D eigenvalue weighted by Crippen LogP contribution is 2.28. The Labute approximate surface area is 100 Å². The highest BCUT2D eigenvalue weighted by Gasteiger charge is 2.11. The predicted octanol–water partition coefficient (Wildman–Crippen LogP) is 2.24. The molecule has 88 valence electrons. The van der Waals surface area contributed by atoms with E-state index in [4.69, 9.17) is 14.7 Å². The summed E-state index contributed by atoms with van der Waals surface area (Å²) in [6.07, 6.45) is 0.283. The predicted molar refractivity (Wildman–Crippen MR) is 62.8 cm³/mol. The van der Waals surface area contributed by atoms with Gasteiger partial charge in [-0.1, -0.05) is 12.6 Å². The molecule has 4 heteroatoms. The number of nitriles is 1. The molecule has 0 aromatic heterocycles. The third kappa shape index (κ3) is 3.35. The lowest BCUT2D eigenvalue weighted by Crippen LogP contribution is -2.09. The lowest BCUT2D eigenvalue weighted by Gasteiger charge is -2.09. The van der Waals surface area contributed by atoms with Crippen LogP contribution in [0.3, 0.4) is 0 Å². The van der Waals surface area contributed by atoms with Crippen LogP contribution >= 0.6 is 0 Å². The molecule has 0 heterocycles. The molecule has 0 bridgehead atoms. The van der Waals surface area contributed by atoms with E-state index in [1.54, 1.807) is 25.1 Å². The Morgan fingerprint density at radius 3 is 2.71 bits per heavy atom. The fourth-order valence-corrected chi connectivity index (χ4v) is 1.18. The Kier molecular flexibility index (Phi) is 4.29.